The zero-order chi connectivity index (χ0) is 23.1. The Morgan fingerprint density at radius 2 is 1.72 bits per heavy atom. The molecule has 1 heterocycles. The van der Waals surface area contributed by atoms with Crippen molar-refractivity contribution in [1.29, 1.82) is 0 Å². The minimum absolute atomic E-state index is 0.0583. The quantitative estimate of drug-likeness (QED) is 0.333. The predicted octanol–water partition coefficient (Wildman–Crippen LogP) is 4.29. The molecule has 0 radical (unpaired) electrons. The smallest absolute Gasteiger partial charge is 0.331 e. The van der Waals surface area contributed by atoms with Gasteiger partial charge in [0.05, 0.1) is 0 Å². The molecule has 0 aliphatic carbocycles. The molecular formula is C22H20N4O4S2. The molecule has 0 fully saturated rings. The fraction of sp³-hybridized carbons (Fsp3) is 0.136. The summed E-state index contributed by atoms with van der Waals surface area (Å²) in [5, 5.41) is 22.8. The van der Waals surface area contributed by atoms with Gasteiger partial charge in [0.2, 0.25) is 16.9 Å². The lowest BCUT2D eigenvalue weighted by Crippen LogP contribution is -2.19. The Kier molecular flexibility index (Phi) is 7.74. The van der Waals surface area contributed by atoms with Crippen LogP contribution >= 0.6 is 23.1 Å². The van der Waals surface area contributed by atoms with Gasteiger partial charge in [0.25, 0.3) is 0 Å². The van der Waals surface area contributed by atoms with Gasteiger partial charge >= 0.3 is 5.97 Å². The van der Waals surface area contributed by atoms with Crippen molar-refractivity contribution >= 4 is 51.7 Å². The molecule has 0 spiro atoms. The van der Waals surface area contributed by atoms with Crippen LogP contribution in [-0.4, -0.2) is 33.1 Å². The molecular weight excluding hydrogens is 448 g/mol. The molecule has 0 unspecified atom stereocenters. The van der Waals surface area contributed by atoms with Crippen LogP contribution in [0.5, 0.6) is 0 Å². The number of rotatable bonds is 8. The Morgan fingerprint density at radius 1 is 1.03 bits per heavy atom. The number of benzene rings is 2. The molecule has 3 aromatic rings. The van der Waals surface area contributed by atoms with E-state index in [9.17, 15) is 14.4 Å². The van der Waals surface area contributed by atoms with Crippen LogP contribution in [0, 0.1) is 6.92 Å². The molecule has 1 atom stereocenters. The van der Waals surface area contributed by atoms with E-state index < -0.39 is 17.1 Å². The highest BCUT2D eigenvalue weighted by Crippen LogP contribution is 2.36. The number of carbonyl (C=O) groups is 3. The van der Waals surface area contributed by atoms with Gasteiger partial charge in [-0.2, -0.15) is 0 Å². The average molecular weight is 469 g/mol. The summed E-state index contributed by atoms with van der Waals surface area (Å²) >= 11 is 2.66. The second-order valence-electron chi connectivity index (χ2n) is 6.67. The Hall–Kier alpha value is -3.50. The first-order chi connectivity index (χ1) is 15.3. The summed E-state index contributed by atoms with van der Waals surface area (Å²) in [6.45, 7) is 3.16. The summed E-state index contributed by atoms with van der Waals surface area (Å²) in [5.41, 5.74) is 1.29. The highest BCUT2D eigenvalue weighted by atomic mass is 32.2. The minimum atomic E-state index is -1.15. The third-order valence-electron chi connectivity index (χ3n) is 4.16. The van der Waals surface area contributed by atoms with Crippen molar-refractivity contribution < 1.29 is 19.5 Å². The molecule has 2 amide bonds. The van der Waals surface area contributed by atoms with Gasteiger partial charge in [-0.3, -0.25) is 14.9 Å². The van der Waals surface area contributed by atoms with Gasteiger partial charge in [-0.1, -0.05) is 41.7 Å². The average Bonchev–Trinajstić information content (AvgIpc) is 3.18. The van der Waals surface area contributed by atoms with E-state index in [1.807, 2.05) is 37.3 Å². The Balaban J connectivity index is 1.73. The third kappa shape index (κ3) is 6.50. The van der Waals surface area contributed by atoms with Crippen molar-refractivity contribution in [2.45, 2.75) is 24.0 Å². The number of carboxylic acid groups (broad SMARTS) is 1. The molecule has 8 nitrogen and oxygen atoms in total. The fourth-order valence-corrected chi connectivity index (χ4v) is 4.23. The third-order valence-corrected chi connectivity index (χ3v) is 6.18. The number of nitrogens with zero attached hydrogens (tertiary/aromatic N) is 2. The van der Waals surface area contributed by atoms with Crippen LogP contribution in [0.2, 0.25) is 0 Å². The number of thioether (sulfide) groups is 1. The first-order valence-corrected chi connectivity index (χ1v) is 11.2. The second kappa shape index (κ2) is 10.7. The summed E-state index contributed by atoms with van der Waals surface area (Å²) in [7, 11) is 0. The lowest BCUT2D eigenvalue weighted by atomic mass is 10.1. The van der Waals surface area contributed by atoms with Crippen molar-refractivity contribution in [3.8, 4) is 0 Å². The molecule has 0 bridgehead atoms. The van der Waals surface area contributed by atoms with Crippen LogP contribution in [0.3, 0.4) is 0 Å². The number of carboxylic acids is 1. The Bertz CT molecular complexity index is 1140. The topological polar surface area (TPSA) is 121 Å². The molecule has 0 aliphatic heterocycles. The number of amides is 2. The van der Waals surface area contributed by atoms with Gasteiger partial charge < -0.3 is 10.4 Å². The van der Waals surface area contributed by atoms with Gasteiger partial charge in [0.1, 0.15) is 10.3 Å². The minimum Gasteiger partial charge on any atom is -0.478 e. The van der Waals surface area contributed by atoms with Gasteiger partial charge in [-0.25, -0.2) is 4.79 Å². The van der Waals surface area contributed by atoms with Gasteiger partial charge in [0.15, 0.2) is 0 Å². The van der Waals surface area contributed by atoms with Crippen molar-refractivity contribution in [2.75, 3.05) is 10.6 Å². The normalized spacial score (nSPS) is 12.1. The highest BCUT2D eigenvalue weighted by Gasteiger charge is 2.23. The Morgan fingerprint density at radius 3 is 2.31 bits per heavy atom. The maximum atomic E-state index is 13.0. The van der Waals surface area contributed by atoms with Gasteiger partial charge in [-0.15, -0.1) is 22.0 Å². The molecule has 0 aliphatic rings. The van der Waals surface area contributed by atoms with Crippen molar-refractivity contribution in [2.24, 2.45) is 0 Å². The van der Waals surface area contributed by atoms with E-state index in [0.29, 0.717) is 10.8 Å². The summed E-state index contributed by atoms with van der Waals surface area (Å²) in [4.78, 5) is 36.6. The van der Waals surface area contributed by atoms with Crippen LogP contribution in [-0.2, 0) is 14.4 Å². The van der Waals surface area contributed by atoms with E-state index in [2.05, 4.69) is 20.8 Å². The zero-order valence-corrected chi connectivity index (χ0v) is 18.9. The van der Waals surface area contributed by atoms with Crippen LogP contribution in [0.15, 0.2) is 71.1 Å². The molecule has 0 saturated carbocycles. The van der Waals surface area contributed by atoms with E-state index in [-0.39, 0.29) is 11.5 Å². The number of carbonyl (C=O) groups excluding carboxylic acids is 2. The SMILES string of the molecule is C/C(=C\C(=O)Nc1ccc(S[C@@H](C(=O)Nc2nnc(C)s2)c2ccccc2)cc1)C(=O)O. The lowest BCUT2D eigenvalue weighted by molar-refractivity contribution is -0.132. The number of aromatic nitrogens is 2. The first kappa shape index (κ1) is 23.2. The summed E-state index contributed by atoms with van der Waals surface area (Å²) in [6, 6.07) is 16.3. The number of aryl methyl sites for hydroxylation is 1. The number of nitrogens with one attached hydrogen (secondary N) is 2. The van der Waals surface area contributed by atoms with Crippen molar-refractivity contribution in [3.63, 3.8) is 0 Å². The van der Waals surface area contributed by atoms with Crippen LogP contribution in [0.25, 0.3) is 0 Å². The van der Waals surface area contributed by atoms with E-state index >= 15 is 0 Å². The van der Waals surface area contributed by atoms with Crippen molar-refractivity contribution in [1.82, 2.24) is 10.2 Å². The maximum Gasteiger partial charge on any atom is 0.331 e. The molecule has 1 aromatic heterocycles. The summed E-state index contributed by atoms with van der Waals surface area (Å²) < 4.78 is 0. The monoisotopic (exact) mass is 468 g/mol. The van der Waals surface area contributed by atoms with Crippen LogP contribution in [0.1, 0.15) is 22.7 Å². The molecule has 3 N–H and O–H groups in total. The fourth-order valence-electron chi connectivity index (χ4n) is 2.61. The van der Waals surface area contributed by atoms with E-state index in [1.54, 1.807) is 24.3 Å². The lowest BCUT2D eigenvalue weighted by Gasteiger charge is -2.16. The van der Waals surface area contributed by atoms with Crippen molar-refractivity contribution in [3.05, 3.63) is 76.8 Å². The van der Waals surface area contributed by atoms with E-state index in [1.165, 1.54) is 30.0 Å². The standard InChI is InChI=1S/C22H20N4O4S2/c1-13(21(29)30)12-18(27)23-16-8-10-17(11-9-16)32-19(15-6-4-3-5-7-15)20(28)24-22-26-25-14(2)31-22/h3-12,19H,1-2H3,(H,23,27)(H,29,30)(H,24,26,28)/b13-12+/t19-/m1/s1. The molecule has 0 saturated heterocycles. The highest BCUT2D eigenvalue weighted by molar-refractivity contribution is 8.00. The number of hydrogen-bond donors (Lipinski definition) is 3. The molecule has 164 valence electrons. The molecule has 2 aromatic carbocycles. The largest absolute Gasteiger partial charge is 0.478 e. The van der Waals surface area contributed by atoms with Crippen LogP contribution < -0.4 is 10.6 Å². The zero-order valence-electron chi connectivity index (χ0n) is 17.2. The van der Waals surface area contributed by atoms with Gasteiger partial charge in [-0.05, 0) is 43.7 Å². The molecule has 3 rings (SSSR count). The number of anilines is 2. The number of aliphatic carboxylic acids is 1. The first-order valence-electron chi connectivity index (χ1n) is 9.47. The molecule has 32 heavy (non-hydrogen) atoms. The number of hydrogen-bond acceptors (Lipinski definition) is 7. The summed E-state index contributed by atoms with van der Waals surface area (Å²) in [5.74, 6) is -1.90. The molecule has 10 heteroatoms. The Labute approximate surface area is 192 Å². The van der Waals surface area contributed by atoms with E-state index in [4.69, 9.17) is 5.11 Å². The second-order valence-corrected chi connectivity index (χ2v) is 9.03. The van der Waals surface area contributed by atoms with Crippen LogP contribution in [0.4, 0.5) is 10.8 Å². The predicted molar refractivity (Wildman–Crippen MR) is 125 cm³/mol. The van der Waals surface area contributed by atoms with Gasteiger partial charge in [0, 0.05) is 22.2 Å². The van der Waals surface area contributed by atoms with E-state index in [0.717, 1.165) is 21.5 Å². The summed E-state index contributed by atoms with van der Waals surface area (Å²) in [6.07, 6.45) is 1.02. The maximum absolute atomic E-state index is 13.0.